The molecule has 1 aromatic heterocycles. The Labute approximate surface area is 203 Å². The number of aromatic nitrogens is 2. The molecule has 1 amide bonds. The van der Waals surface area contributed by atoms with Gasteiger partial charge in [-0.1, -0.05) is 29.8 Å². The van der Waals surface area contributed by atoms with Crippen molar-refractivity contribution in [2.24, 2.45) is 0 Å². The quantitative estimate of drug-likeness (QED) is 0.515. The van der Waals surface area contributed by atoms with E-state index < -0.39 is 18.5 Å². The zero-order valence-electron chi connectivity index (χ0n) is 19.2. The van der Waals surface area contributed by atoms with E-state index >= 15 is 0 Å². The number of aryl methyl sites for hydroxylation is 1. The second kappa shape index (κ2) is 10.7. The lowest BCUT2D eigenvalue weighted by Crippen LogP contribution is -2.36. The lowest BCUT2D eigenvalue weighted by Gasteiger charge is -2.28. The lowest BCUT2D eigenvalue weighted by atomic mass is 10.2. The number of morpholine rings is 1. The van der Waals surface area contributed by atoms with E-state index in [0.717, 1.165) is 24.3 Å². The summed E-state index contributed by atoms with van der Waals surface area (Å²) in [7, 11) is 0. The van der Waals surface area contributed by atoms with Crippen LogP contribution in [0.25, 0.3) is 0 Å². The summed E-state index contributed by atoms with van der Waals surface area (Å²) in [5.41, 5.74) is 4.16. The average Bonchev–Trinajstić information content (AvgIpc) is 3.12. The number of halogens is 1. The van der Waals surface area contributed by atoms with Crippen molar-refractivity contribution in [2.75, 3.05) is 43.1 Å². The smallest absolute Gasteiger partial charge is 0.342 e. The van der Waals surface area contributed by atoms with E-state index in [1.165, 1.54) is 0 Å². The van der Waals surface area contributed by atoms with E-state index in [4.69, 9.17) is 21.1 Å². The molecule has 9 heteroatoms. The molecule has 3 aromatic rings. The molecule has 34 heavy (non-hydrogen) atoms. The molecule has 2 aromatic carbocycles. The Morgan fingerprint density at radius 1 is 1.09 bits per heavy atom. The summed E-state index contributed by atoms with van der Waals surface area (Å²) in [5, 5.41) is 7.84. The lowest BCUT2D eigenvalue weighted by molar-refractivity contribution is -0.119. The van der Waals surface area contributed by atoms with Crippen LogP contribution in [0.1, 0.15) is 27.3 Å². The summed E-state index contributed by atoms with van der Waals surface area (Å²) < 4.78 is 12.4. The maximum atomic E-state index is 12.7. The highest BCUT2D eigenvalue weighted by Gasteiger charge is 2.21. The molecule has 0 saturated carbocycles. The number of hydrogen-bond donors (Lipinski definition) is 1. The minimum atomic E-state index is -0.585. The molecule has 2 heterocycles. The maximum absolute atomic E-state index is 12.7. The Bertz CT molecular complexity index is 1170. The summed E-state index contributed by atoms with van der Waals surface area (Å²) in [6.07, 6.45) is 0. The molecule has 0 aliphatic carbocycles. The first-order valence-corrected chi connectivity index (χ1v) is 11.5. The third-order valence-electron chi connectivity index (χ3n) is 5.73. The van der Waals surface area contributed by atoms with Crippen LogP contribution in [0.3, 0.4) is 0 Å². The third-order valence-corrected chi connectivity index (χ3v) is 6.09. The summed E-state index contributed by atoms with van der Waals surface area (Å²) in [4.78, 5) is 27.3. The number of nitrogens with zero attached hydrogens (tertiary/aromatic N) is 3. The fourth-order valence-electron chi connectivity index (χ4n) is 3.91. The highest BCUT2D eigenvalue weighted by Crippen LogP contribution is 2.21. The van der Waals surface area contributed by atoms with Gasteiger partial charge in [0, 0.05) is 29.5 Å². The molecule has 1 aliphatic rings. The van der Waals surface area contributed by atoms with Gasteiger partial charge in [-0.15, -0.1) is 0 Å². The van der Waals surface area contributed by atoms with Crippen LogP contribution in [0.4, 0.5) is 11.4 Å². The van der Waals surface area contributed by atoms with E-state index in [0.29, 0.717) is 47.4 Å². The van der Waals surface area contributed by atoms with Gasteiger partial charge in [-0.25, -0.2) is 4.79 Å². The summed E-state index contributed by atoms with van der Waals surface area (Å²) >= 11 is 6.25. The van der Waals surface area contributed by atoms with Crippen molar-refractivity contribution in [1.82, 2.24) is 9.78 Å². The molecule has 178 valence electrons. The zero-order valence-corrected chi connectivity index (χ0v) is 20.0. The molecule has 0 bridgehead atoms. The Hall–Kier alpha value is -3.36. The molecule has 0 spiro atoms. The van der Waals surface area contributed by atoms with Gasteiger partial charge in [0.25, 0.3) is 5.91 Å². The SMILES string of the molecule is Cc1nn(Cc2ccccc2Cl)c(C)c1C(=O)OCC(=O)Nc1ccc(N2CCOCC2)cc1. The predicted molar refractivity (Wildman–Crippen MR) is 131 cm³/mol. The Morgan fingerprint density at radius 2 is 1.79 bits per heavy atom. The molecular weight excluding hydrogens is 456 g/mol. The average molecular weight is 483 g/mol. The first kappa shape index (κ1) is 23.8. The molecule has 0 radical (unpaired) electrons. The molecular formula is C25H27ClN4O4. The molecule has 1 fully saturated rings. The predicted octanol–water partition coefficient (Wildman–Crippen LogP) is 3.83. The van der Waals surface area contributed by atoms with Gasteiger partial charge in [0.05, 0.1) is 31.1 Å². The topological polar surface area (TPSA) is 85.7 Å². The van der Waals surface area contributed by atoms with Crippen LogP contribution in [-0.4, -0.2) is 54.6 Å². The number of ether oxygens (including phenoxy) is 2. The van der Waals surface area contributed by atoms with Gasteiger partial charge in [-0.3, -0.25) is 9.48 Å². The van der Waals surface area contributed by atoms with Gasteiger partial charge >= 0.3 is 5.97 Å². The highest BCUT2D eigenvalue weighted by molar-refractivity contribution is 6.31. The Balaban J connectivity index is 1.33. The van der Waals surface area contributed by atoms with Crippen molar-refractivity contribution in [1.29, 1.82) is 0 Å². The van der Waals surface area contributed by atoms with Crippen molar-refractivity contribution < 1.29 is 19.1 Å². The summed E-state index contributed by atoms with van der Waals surface area (Å²) in [6.45, 7) is 6.68. The fourth-order valence-corrected chi connectivity index (χ4v) is 4.11. The number of hydrogen-bond acceptors (Lipinski definition) is 6. The van der Waals surface area contributed by atoms with Gasteiger partial charge < -0.3 is 19.7 Å². The number of esters is 1. The summed E-state index contributed by atoms with van der Waals surface area (Å²) in [6, 6.07) is 15.0. The van der Waals surface area contributed by atoms with Gasteiger partial charge in [0.1, 0.15) is 5.56 Å². The second-order valence-corrected chi connectivity index (χ2v) is 8.47. The van der Waals surface area contributed by atoms with Gasteiger partial charge in [0.15, 0.2) is 6.61 Å². The standard InChI is InChI=1S/C25H27ClN4O4/c1-17-24(18(2)30(28-17)15-19-5-3-4-6-22(19)26)25(32)34-16-23(31)27-20-7-9-21(10-8-20)29-11-13-33-14-12-29/h3-10H,11-16H2,1-2H3,(H,27,31). The van der Waals surface area contributed by atoms with E-state index in [9.17, 15) is 9.59 Å². The normalized spacial score (nSPS) is 13.6. The Morgan fingerprint density at radius 3 is 2.50 bits per heavy atom. The van der Waals surface area contributed by atoms with E-state index in [1.54, 1.807) is 18.5 Å². The monoisotopic (exact) mass is 482 g/mol. The van der Waals surface area contributed by atoms with E-state index in [2.05, 4.69) is 15.3 Å². The van der Waals surface area contributed by atoms with Crippen molar-refractivity contribution in [2.45, 2.75) is 20.4 Å². The third kappa shape index (κ3) is 5.58. The molecule has 4 rings (SSSR count). The fraction of sp³-hybridized carbons (Fsp3) is 0.320. The van der Waals surface area contributed by atoms with Crippen LogP contribution in [0, 0.1) is 13.8 Å². The van der Waals surface area contributed by atoms with Crippen molar-refractivity contribution in [3.05, 3.63) is 76.1 Å². The van der Waals surface area contributed by atoms with Crippen molar-refractivity contribution in [3.63, 3.8) is 0 Å². The minimum absolute atomic E-state index is 0.356. The van der Waals surface area contributed by atoms with Gasteiger partial charge in [0.2, 0.25) is 0 Å². The maximum Gasteiger partial charge on any atom is 0.342 e. The first-order valence-electron chi connectivity index (χ1n) is 11.1. The molecule has 0 atom stereocenters. The number of amides is 1. The van der Waals surface area contributed by atoms with Gasteiger partial charge in [-0.2, -0.15) is 5.10 Å². The number of carbonyl (C=O) groups excluding carboxylic acids is 2. The van der Waals surface area contributed by atoms with Gasteiger partial charge in [-0.05, 0) is 49.7 Å². The van der Waals surface area contributed by atoms with Crippen LogP contribution < -0.4 is 10.2 Å². The Kier molecular flexibility index (Phi) is 7.49. The minimum Gasteiger partial charge on any atom is -0.452 e. The first-order chi connectivity index (χ1) is 16.4. The number of rotatable bonds is 7. The highest BCUT2D eigenvalue weighted by atomic mass is 35.5. The van der Waals surface area contributed by atoms with Crippen LogP contribution in [0.2, 0.25) is 5.02 Å². The van der Waals surface area contributed by atoms with Crippen molar-refractivity contribution in [3.8, 4) is 0 Å². The van der Waals surface area contributed by atoms with Crippen LogP contribution in [0.5, 0.6) is 0 Å². The molecule has 1 aliphatic heterocycles. The number of benzene rings is 2. The molecule has 0 unspecified atom stereocenters. The van der Waals surface area contributed by atoms with Crippen LogP contribution >= 0.6 is 11.6 Å². The van der Waals surface area contributed by atoms with E-state index in [-0.39, 0.29) is 0 Å². The molecule has 1 N–H and O–H groups in total. The van der Waals surface area contributed by atoms with Crippen molar-refractivity contribution >= 4 is 34.9 Å². The molecule has 1 saturated heterocycles. The number of nitrogens with one attached hydrogen (secondary N) is 1. The number of carbonyl (C=O) groups is 2. The number of anilines is 2. The van der Waals surface area contributed by atoms with Crippen LogP contribution in [-0.2, 0) is 20.8 Å². The molecule has 8 nitrogen and oxygen atoms in total. The second-order valence-electron chi connectivity index (χ2n) is 8.07. The van der Waals surface area contributed by atoms with E-state index in [1.807, 2.05) is 48.5 Å². The largest absolute Gasteiger partial charge is 0.452 e. The zero-order chi connectivity index (χ0) is 24.1. The summed E-state index contributed by atoms with van der Waals surface area (Å²) in [5.74, 6) is -0.996. The van der Waals surface area contributed by atoms with Crippen LogP contribution in [0.15, 0.2) is 48.5 Å².